The molecule has 0 fully saturated rings. The first-order valence-electron chi connectivity index (χ1n) is 4.94. The molecule has 0 aromatic heterocycles. The number of carbonyl (C=O) groups is 1. The number of primary sulfonamides is 1. The van der Waals surface area contributed by atoms with E-state index in [-0.39, 0.29) is 11.4 Å². The minimum absolute atomic E-state index is 0.00706. The molecule has 0 amide bonds. The van der Waals surface area contributed by atoms with Crippen LogP contribution in [0, 0.1) is 0 Å². The average Bonchev–Trinajstić information content (AvgIpc) is 2.24. The van der Waals surface area contributed by atoms with Crippen LogP contribution in [-0.4, -0.2) is 32.6 Å². The highest BCUT2D eigenvalue weighted by molar-refractivity contribution is 7.89. The first-order valence-corrected chi connectivity index (χ1v) is 6.49. The van der Waals surface area contributed by atoms with Crippen molar-refractivity contribution in [3.05, 3.63) is 24.3 Å². The number of nitrogens with two attached hydrogens (primary N) is 1. The summed E-state index contributed by atoms with van der Waals surface area (Å²) in [4.78, 5) is 12.2. The summed E-state index contributed by atoms with van der Waals surface area (Å²) in [5.41, 5.74) is 0.641. The molecule has 0 aliphatic heterocycles. The number of hydrogen-bond acceptors (Lipinski definition) is 4. The van der Waals surface area contributed by atoms with Gasteiger partial charge < -0.3 is 10.0 Å². The lowest BCUT2D eigenvalue weighted by molar-refractivity contribution is -0.135. The Hall–Kier alpha value is -1.60. The van der Waals surface area contributed by atoms with Gasteiger partial charge in [-0.15, -0.1) is 0 Å². The highest BCUT2D eigenvalue weighted by atomic mass is 32.2. The van der Waals surface area contributed by atoms with E-state index in [2.05, 4.69) is 0 Å². The van der Waals surface area contributed by atoms with Crippen molar-refractivity contribution >= 4 is 21.7 Å². The largest absolute Gasteiger partial charge is 0.480 e. The number of carboxylic acids is 1. The van der Waals surface area contributed by atoms with Crippen LogP contribution in [0.3, 0.4) is 0 Å². The molecule has 0 atom stereocenters. The number of anilines is 1. The molecule has 1 aromatic rings. The Morgan fingerprint density at radius 2 is 1.88 bits per heavy atom. The molecule has 7 heteroatoms. The Morgan fingerprint density at radius 3 is 2.24 bits per heavy atom. The van der Waals surface area contributed by atoms with E-state index in [1.54, 1.807) is 4.90 Å². The quantitative estimate of drug-likeness (QED) is 0.788. The molecule has 1 aromatic carbocycles. The smallest absolute Gasteiger partial charge is 0.323 e. The maximum absolute atomic E-state index is 11.0. The standard InChI is InChI=1S/C10H14N2O4S/c1-2-12(7-10(13)14)8-3-5-9(6-4-8)17(11,15)16/h3-6H,2,7H2,1H3,(H,13,14)(H2,11,15,16). The van der Waals surface area contributed by atoms with Crippen LogP contribution >= 0.6 is 0 Å². The van der Waals surface area contributed by atoms with E-state index in [4.69, 9.17) is 10.2 Å². The predicted molar refractivity (Wildman–Crippen MR) is 63.3 cm³/mol. The summed E-state index contributed by atoms with van der Waals surface area (Å²) in [6.45, 7) is 2.20. The Kier molecular flexibility index (Phi) is 4.08. The second-order valence-electron chi connectivity index (χ2n) is 3.45. The van der Waals surface area contributed by atoms with Gasteiger partial charge in [0.05, 0.1) is 4.90 Å². The maximum atomic E-state index is 11.0. The van der Waals surface area contributed by atoms with Crippen LogP contribution < -0.4 is 10.0 Å². The van der Waals surface area contributed by atoms with Gasteiger partial charge in [0, 0.05) is 12.2 Å². The average molecular weight is 258 g/mol. The third-order valence-corrected chi connectivity index (χ3v) is 3.17. The summed E-state index contributed by atoms with van der Waals surface area (Å²) in [7, 11) is -3.71. The van der Waals surface area contributed by atoms with E-state index >= 15 is 0 Å². The highest BCUT2D eigenvalue weighted by Gasteiger charge is 2.11. The topological polar surface area (TPSA) is 101 Å². The monoisotopic (exact) mass is 258 g/mol. The molecule has 0 bridgehead atoms. The van der Waals surface area contributed by atoms with Gasteiger partial charge in [-0.2, -0.15) is 0 Å². The highest BCUT2D eigenvalue weighted by Crippen LogP contribution is 2.16. The number of carboxylic acid groups (broad SMARTS) is 1. The Bertz CT molecular complexity index is 496. The van der Waals surface area contributed by atoms with Crippen molar-refractivity contribution in [3.63, 3.8) is 0 Å². The lowest BCUT2D eigenvalue weighted by Gasteiger charge is -2.20. The number of aliphatic carboxylic acids is 1. The van der Waals surface area contributed by atoms with Gasteiger partial charge in [-0.25, -0.2) is 13.6 Å². The Balaban J connectivity index is 2.97. The van der Waals surface area contributed by atoms with Crippen molar-refractivity contribution in [2.45, 2.75) is 11.8 Å². The number of hydrogen-bond donors (Lipinski definition) is 2. The summed E-state index contributed by atoms with van der Waals surface area (Å²) in [6.07, 6.45) is 0. The first kappa shape index (κ1) is 13.5. The molecule has 0 radical (unpaired) electrons. The molecule has 0 spiro atoms. The van der Waals surface area contributed by atoms with Crippen LogP contribution in [0.1, 0.15) is 6.92 Å². The molecule has 3 N–H and O–H groups in total. The summed E-state index contributed by atoms with van der Waals surface area (Å²) in [5.74, 6) is -0.942. The third-order valence-electron chi connectivity index (χ3n) is 2.24. The van der Waals surface area contributed by atoms with Gasteiger partial charge in [0.2, 0.25) is 10.0 Å². The van der Waals surface area contributed by atoms with Gasteiger partial charge in [-0.3, -0.25) is 4.79 Å². The summed E-state index contributed by atoms with van der Waals surface area (Å²) in [5, 5.41) is 13.7. The summed E-state index contributed by atoms with van der Waals surface area (Å²) < 4.78 is 22.1. The number of rotatable bonds is 5. The van der Waals surface area contributed by atoms with Crippen LogP contribution in [0.5, 0.6) is 0 Å². The molecule has 0 aliphatic carbocycles. The lowest BCUT2D eigenvalue weighted by Crippen LogP contribution is -2.29. The second-order valence-corrected chi connectivity index (χ2v) is 5.01. The number of nitrogens with zero attached hydrogens (tertiary/aromatic N) is 1. The van der Waals surface area contributed by atoms with E-state index in [9.17, 15) is 13.2 Å². The van der Waals surface area contributed by atoms with Crippen LogP contribution in [0.25, 0.3) is 0 Å². The van der Waals surface area contributed by atoms with E-state index in [0.29, 0.717) is 12.2 Å². The van der Waals surface area contributed by atoms with Gasteiger partial charge >= 0.3 is 5.97 Å². The minimum atomic E-state index is -3.71. The van der Waals surface area contributed by atoms with Crippen LogP contribution in [0.4, 0.5) is 5.69 Å². The van der Waals surface area contributed by atoms with Crippen molar-refractivity contribution in [1.82, 2.24) is 0 Å². The van der Waals surface area contributed by atoms with Gasteiger partial charge in [-0.05, 0) is 31.2 Å². The van der Waals surface area contributed by atoms with E-state index in [1.807, 2.05) is 6.92 Å². The molecule has 0 heterocycles. The van der Waals surface area contributed by atoms with Crippen molar-refractivity contribution in [3.8, 4) is 0 Å². The first-order chi connectivity index (χ1) is 7.84. The predicted octanol–water partition coefficient (Wildman–Crippen LogP) is 0.245. The molecular formula is C10H14N2O4S. The van der Waals surface area contributed by atoms with E-state index < -0.39 is 16.0 Å². The molecule has 0 unspecified atom stereocenters. The molecule has 0 saturated carbocycles. The Morgan fingerprint density at radius 1 is 1.35 bits per heavy atom. The molecule has 1 rings (SSSR count). The third kappa shape index (κ3) is 3.72. The number of sulfonamides is 1. The normalized spacial score (nSPS) is 11.2. The lowest BCUT2D eigenvalue weighted by atomic mass is 10.3. The zero-order valence-corrected chi connectivity index (χ0v) is 10.1. The van der Waals surface area contributed by atoms with Crippen molar-refractivity contribution < 1.29 is 18.3 Å². The zero-order chi connectivity index (χ0) is 13.1. The fourth-order valence-corrected chi connectivity index (χ4v) is 1.91. The van der Waals surface area contributed by atoms with E-state index in [0.717, 1.165) is 0 Å². The molecule has 17 heavy (non-hydrogen) atoms. The molecule has 94 valence electrons. The fourth-order valence-electron chi connectivity index (χ4n) is 1.40. The maximum Gasteiger partial charge on any atom is 0.323 e. The van der Waals surface area contributed by atoms with Crippen molar-refractivity contribution in [2.75, 3.05) is 18.0 Å². The van der Waals surface area contributed by atoms with Gasteiger partial charge in [0.15, 0.2) is 0 Å². The van der Waals surface area contributed by atoms with Gasteiger partial charge in [0.1, 0.15) is 6.54 Å². The second kappa shape index (κ2) is 5.15. The van der Waals surface area contributed by atoms with Crippen LogP contribution in [0.2, 0.25) is 0 Å². The van der Waals surface area contributed by atoms with Gasteiger partial charge in [0.25, 0.3) is 0 Å². The summed E-state index contributed by atoms with van der Waals surface area (Å²) >= 11 is 0. The molecular weight excluding hydrogens is 244 g/mol. The van der Waals surface area contributed by atoms with Crippen LogP contribution in [0.15, 0.2) is 29.2 Å². The van der Waals surface area contributed by atoms with E-state index in [1.165, 1.54) is 24.3 Å². The molecule has 0 saturated heterocycles. The SMILES string of the molecule is CCN(CC(=O)O)c1ccc(S(N)(=O)=O)cc1. The van der Waals surface area contributed by atoms with Crippen molar-refractivity contribution in [2.24, 2.45) is 5.14 Å². The number of likely N-dealkylation sites (N-methyl/N-ethyl adjacent to an activating group) is 1. The molecule has 6 nitrogen and oxygen atoms in total. The summed E-state index contributed by atoms with van der Waals surface area (Å²) in [6, 6.07) is 5.78. The minimum Gasteiger partial charge on any atom is -0.480 e. The molecule has 0 aliphatic rings. The van der Waals surface area contributed by atoms with Crippen molar-refractivity contribution in [1.29, 1.82) is 0 Å². The van der Waals surface area contributed by atoms with Crippen LogP contribution in [-0.2, 0) is 14.8 Å². The van der Waals surface area contributed by atoms with Gasteiger partial charge in [-0.1, -0.05) is 0 Å². The Labute approximate surface area is 99.7 Å². The zero-order valence-electron chi connectivity index (χ0n) is 9.33. The number of benzene rings is 1. The fraction of sp³-hybridized carbons (Fsp3) is 0.300.